The molecule has 3 rings (SSSR count). The molecule has 1 aliphatic heterocycles. The molecule has 2 aromatic rings. The zero-order valence-electron chi connectivity index (χ0n) is 14.5. The van der Waals surface area contributed by atoms with Crippen LogP contribution in [0.15, 0.2) is 30.3 Å². The van der Waals surface area contributed by atoms with E-state index in [1.807, 2.05) is 30.0 Å². The molecule has 0 radical (unpaired) electrons. The molecule has 0 spiro atoms. The minimum absolute atomic E-state index is 0.0482. The van der Waals surface area contributed by atoms with E-state index in [2.05, 4.69) is 26.0 Å². The number of likely N-dealkylation sites (tertiary alicyclic amines) is 1. The van der Waals surface area contributed by atoms with Crippen LogP contribution in [0.2, 0.25) is 0 Å². The van der Waals surface area contributed by atoms with Gasteiger partial charge < -0.3 is 10.0 Å². The van der Waals surface area contributed by atoms with Gasteiger partial charge in [-0.2, -0.15) is 0 Å². The molecule has 0 saturated carbocycles. The number of aliphatic hydroxyl groups excluding tert-OH is 1. The zero-order chi connectivity index (χ0) is 17.3. The second-order valence-electron chi connectivity index (χ2n) is 6.95. The van der Waals surface area contributed by atoms with Crippen molar-refractivity contribution in [2.24, 2.45) is 0 Å². The summed E-state index contributed by atoms with van der Waals surface area (Å²) in [6.07, 6.45) is 1.04. The Labute approximate surface area is 147 Å². The molecule has 0 bridgehead atoms. The first kappa shape index (κ1) is 17.1. The smallest absolute Gasteiger partial charge is 0.265 e. The molecule has 128 valence electrons. The van der Waals surface area contributed by atoms with Crippen molar-refractivity contribution in [3.8, 4) is 0 Å². The van der Waals surface area contributed by atoms with E-state index in [9.17, 15) is 9.90 Å². The van der Waals surface area contributed by atoms with Gasteiger partial charge in [0.2, 0.25) is 0 Å². The molecule has 1 N–H and O–H groups in total. The Bertz CT molecular complexity index is 716. The number of nitrogens with zero attached hydrogens (tertiary/aromatic N) is 2. The lowest BCUT2D eigenvalue weighted by molar-refractivity contribution is 0.0550. The highest BCUT2D eigenvalue weighted by Crippen LogP contribution is 2.35. The Kier molecular flexibility index (Phi) is 4.74. The maximum absolute atomic E-state index is 12.8. The van der Waals surface area contributed by atoms with E-state index in [1.165, 1.54) is 16.9 Å². The minimum atomic E-state index is -0.274. The molecule has 5 heteroatoms. The topological polar surface area (TPSA) is 53.4 Å². The predicted octanol–water partition coefficient (Wildman–Crippen LogP) is 3.37. The number of hydrogen-bond acceptors (Lipinski definition) is 4. The Morgan fingerprint density at radius 1 is 1.25 bits per heavy atom. The average Bonchev–Trinajstić information content (AvgIpc) is 2.98. The van der Waals surface area contributed by atoms with E-state index in [0.29, 0.717) is 25.9 Å². The number of piperidine rings is 1. The Morgan fingerprint density at radius 3 is 2.50 bits per heavy atom. The van der Waals surface area contributed by atoms with Crippen molar-refractivity contribution in [3.63, 3.8) is 0 Å². The number of aromatic nitrogens is 1. The van der Waals surface area contributed by atoms with Crippen molar-refractivity contribution < 1.29 is 9.90 Å². The standard InChI is InChI=1S/C19H24N2O2S/c1-13-16(17(23)21-11-9-15(22)10-12-21)24-18(20-13)19(2,3)14-7-5-4-6-8-14/h4-8,15,22H,9-12H2,1-3H3. The fourth-order valence-electron chi connectivity index (χ4n) is 3.05. The summed E-state index contributed by atoms with van der Waals surface area (Å²) in [6.45, 7) is 7.44. The van der Waals surface area contributed by atoms with E-state index in [1.54, 1.807) is 0 Å². The van der Waals surface area contributed by atoms with Crippen LogP contribution in [0, 0.1) is 6.92 Å². The first-order chi connectivity index (χ1) is 11.4. The third kappa shape index (κ3) is 3.23. The summed E-state index contributed by atoms with van der Waals surface area (Å²) in [7, 11) is 0. The lowest BCUT2D eigenvalue weighted by atomic mass is 9.85. The van der Waals surface area contributed by atoms with Crippen LogP contribution >= 0.6 is 11.3 Å². The number of rotatable bonds is 3. The van der Waals surface area contributed by atoms with Crippen molar-refractivity contribution in [2.75, 3.05) is 13.1 Å². The van der Waals surface area contributed by atoms with Crippen molar-refractivity contribution in [3.05, 3.63) is 51.5 Å². The number of benzene rings is 1. The van der Waals surface area contributed by atoms with Crippen LogP contribution in [0.3, 0.4) is 0 Å². The van der Waals surface area contributed by atoms with Gasteiger partial charge in [0.05, 0.1) is 11.8 Å². The van der Waals surface area contributed by atoms with Crippen LogP contribution in [-0.4, -0.2) is 40.1 Å². The Morgan fingerprint density at radius 2 is 1.88 bits per heavy atom. The van der Waals surface area contributed by atoms with Gasteiger partial charge in [-0.1, -0.05) is 30.3 Å². The first-order valence-corrected chi connectivity index (χ1v) is 9.22. The highest BCUT2D eigenvalue weighted by Gasteiger charge is 2.31. The summed E-state index contributed by atoms with van der Waals surface area (Å²) in [5, 5.41) is 10.6. The molecule has 4 nitrogen and oxygen atoms in total. The van der Waals surface area contributed by atoms with Gasteiger partial charge in [-0.25, -0.2) is 4.98 Å². The van der Waals surface area contributed by atoms with E-state index >= 15 is 0 Å². The fraction of sp³-hybridized carbons (Fsp3) is 0.474. The number of carbonyl (C=O) groups excluding carboxylic acids is 1. The van der Waals surface area contributed by atoms with E-state index in [4.69, 9.17) is 4.98 Å². The number of carbonyl (C=O) groups is 1. The lowest BCUT2D eigenvalue weighted by Crippen LogP contribution is -2.40. The monoisotopic (exact) mass is 344 g/mol. The quantitative estimate of drug-likeness (QED) is 0.929. The highest BCUT2D eigenvalue weighted by atomic mass is 32.1. The number of thiazole rings is 1. The molecular weight excluding hydrogens is 320 g/mol. The summed E-state index contributed by atoms with van der Waals surface area (Å²) in [6, 6.07) is 10.3. The molecule has 1 aromatic carbocycles. The second kappa shape index (κ2) is 6.65. The van der Waals surface area contributed by atoms with Crippen LogP contribution in [-0.2, 0) is 5.41 Å². The number of amides is 1. The summed E-state index contributed by atoms with van der Waals surface area (Å²) >= 11 is 1.50. The normalized spacial score (nSPS) is 16.4. The average molecular weight is 344 g/mol. The molecule has 1 fully saturated rings. The zero-order valence-corrected chi connectivity index (χ0v) is 15.3. The largest absolute Gasteiger partial charge is 0.393 e. The molecule has 24 heavy (non-hydrogen) atoms. The Balaban J connectivity index is 1.86. The van der Waals surface area contributed by atoms with Gasteiger partial charge in [0.15, 0.2) is 0 Å². The summed E-state index contributed by atoms with van der Waals surface area (Å²) in [5.74, 6) is 0.0482. The number of aryl methyl sites for hydroxylation is 1. The highest BCUT2D eigenvalue weighted by molar-refractivity contribution is 7.14. The van der Waals surface area contributed by atoms with Gasteiger partial charge in [0, 0.05) is 18.5 Å². The lowest BCUT2D eigenvalue weighted by Gasteiger charge is -2.29. The molecule has 2 heterocycles. The molecule has 1 aromatic heterocycles. The molecule has 0 unspecified atom stereocenters. The molecular formula is C19H24N2O2S. The summed E-state index contributed by atoms with van der Waals surface area (Å²) in [4.78, 5) is 20.1. The van der Waals surface area contributed by atoms with Crippen molar-refractivity contribution in [1.82, 2.24) is 9.88 Å². The van der Waals surface area contributed by atoms with Gasteiger partial charge >= 0.3 is 0 Å². The molecule has 0 atom stereocenters. The second-order valence-corrected chi connectivity index (χ2v) is 7.95. The van der Waals surface area contributed by atoms with Crippen LogP contribution in [0.5, 0.6) is 0 Å². The third-order valence-corrected chi connectivity index (χ3v) is 6.24. The van der Waals surface area contributed by atoms with E-state index in [0.717, 1.165) is 15.6 Å². The molecule has 1 aliphatic rings. The van der Waals surface area contributed by atoms with Gasteiger partial charge in [-0.15, -0.1) is 11.3 Å². The fourth-order valence-corrected chi connectivity index (χ4v) is 4.21. The minimum Gasteiger partial charge on any atom is -0.393 e. The maximum Gasteiger partial charge on any atom is 0.265 e. The van der Waals surface area contributed by atoms with E-state index in [-0.39, 0.29) is 17.4 Å². The van der Waals surface area contributed by atoms with Crippen molar-refractivity contribution >= 4 is 17.2 Å². The predicted molar refractivity (Wildman–Crippen MR) is 96.6 cm³/mol. The van der Waals surface area contributed by atoms with E-state index < -0.39 is 0 Å². The number of aliphatic hydroxyl groups is 1. The van der Waals surface area contributed by atoms with Crippen molar-refractivity contribution in [2.45, 2.75) is 45.1 Å². The van der Waals surface area contributed by atoms with Gasteiger partial charge in [-0.3, -0.25) is 4.79 Å². The van der Waals surface area contributed by atoms with Gasteiger partial charge in [0.25, 0.3) is 5.91 Å². The van der Waals surface area contributed by atoms with Gasteiger partial charge in [-0.05, 0) is 39.2 Å². The summed E-state index contributed by atoms with van der Waals surface area (Å²) < 4.78 is 0. The molecule has 1 amide bonds. The van der Waals surface area contributed by atoms with Crippen molar-refractivity contribution in [1.29, 1.82) is 0 Å². The third-order valence-electron chi connectivity index (χ3n) is 4.77. The number of hydrogen-bond donors (Lipinski definition) is 1. The Hall–Kier alpha value is -1.72. The molecule has 1 saturated heterocycles. The SMILES string of the molecule is Cc1nc(C(C)(C)c2ccccc2)sc1C(=O)N1CCC(O)CC1. The van der Waals surface area contributed by atoms with Crippen LogP contribution in [0.1, 0.15) is 52.6 Å². The van der Waals surface area contributed by atoms with Crippen LogP contribution in [0.4, 0.5) is 0 Å². The summed E-state index contributed by atoms with van der Waals surface area (Å²) in [5.41, 5.74) is 1.77. The van der Waals surface area contributed by atoms with Crippen LogP contribution < -0.4 is 0 Å². The first-order valence-electron chi connectivity index (χ1n) is 8.40. The van der Waals surface area contributed by atoms with Crippen LogP contribution in [0.25, 0.3) is 0 Å². The van der Waals surface area contributed by atoms with Gasteiger partial charge in [0.1, 0.15) is 9.88 Å². The molecule has 0 aliphatic carbocycles. The maximum atomic E-state index is 12.8.